The lowest BCUT2D eigenvalue weighted by Gasteiger charge is -2.12. The second-order valence-electron chi connectivity index (χ2n) is 5.05. The van der Waals surface area contributed by atoms with Gasteiger partial charge in [0.1, 0.15) is 0 Å². The molecule has 0 aliphatic heterocycles. The van der Waals surface area contributed by atoms with Crippen molar-refractivity contribution in [3.05, 3.63) is 0 Å². The lowest BCUT2D eigenvalue weighted by atomic mass is 9.94. The van der Waals surface area contributed by atoms with Crippen LogP contribution in [-0.2, 0) is 0 Å². The number of hydrogen-bond acceptors (Lipinski definition) is 0. The summed E-state index contributed by atoms with van der Waals surface area (Å²) in [7, 11) is 0. The van der Waals surface area contributed by atoms with Gasteiger partial charge >= 0.3 is 0 Å². The van der Waals surface area contributed by atoms with Crippen molar-refractivity contribution >= 4 is 0 Å². The van der Waals surface area contributed by atoms with Crippen LogP contribution in [0.2, 0.25) is 0 Å². The van der Waals surface area contributed by atoms with Crippen molar-refractivity contribution in [1.29, 1.82) is 0 Å². The molecule has 0 N–H and O–H groups in total. The molecule has 0 aliphatic carbocycles. The lowest BCUT2D eigenvalue weighted by Crippen LogP contribution is -1.98. The van der Waals surface area contributed by atoms with Gasteiger partial charge in [0, 0.05) is 0 Å². The number of rotatable bonds is 9. The second kappa shape index (κ2) is 9.55. The van der Waals surface area contributed by atoms with E-state index in [1.807, 2.05) is 0 Å². The third kappa shape index (κ3) is 8.59. The highest BCUT2D eigenvalue weighted by atomic mass is 14.1. The molecule has 0 heterocycles. The van der Waals surface area contributed by atoms with Gasteiger partial charge in [0.15, 0.2) is 0 Å². The SMILES string of the molecule is CCCCCC(C)CCCC(C)CC. The van der Waals surface area contributed by atoms with Crippen molar-refractivity contribution < 1.29 is 0 Å². The Hall–Kier alpha value is 0. The summed E-state index contributed by atoms with van der Waals surface area (Å²) < 4.78 is 0. The van der Waals surface area contributed by atoms with E-state index >= 15 is 0 Å². The van der Waals surface area contributed by atoms with E-state index in [1.165, 1.54) is 51.4 Å². The molecule has 2 atom stereocenters. The molecule has 0 aromatic carbocycles. The summed E-state index contributed by atoms with van der Waals surface area (Å²) in [6.45, 7) is 9.39. The van der Waals surface area contributed by atoms with Crippen LogP contribution >= 0.6 is 0 Å². The predicted octanol–water partition coefficient (Wildman–Crippen LogP) is 5.42. The molecule has 0 fully saturated rings. The first-order chi connectivity index (χ1) is 6.70. The maximum atomic E-state index is 2.42. The molecular formula is C14H30. The topological polar surface area (TPSA) is 0 Å². The Balaban J connectivity index is 3.21. The van der Waals surface area contributed by atoms with Crippen molar-refractivity contribution in [3.8, 4) is 0 Å². The van der Waals surface area contributed by atoms with Gasteiger partial charge in [-0.1, -0.05) is 79.1 Å². The van der Waals surface area contributed by atoms with E-state index in [2.05, 4.69) is 27.7 Å². The molecule has 0 radical (unpaired) electrons. The molecule has 0 aromatic rings. The molecule has 0 amide bonds. The Morgan fingerprint density at radius 3 is 1.86 bits per heavy atom. The summed E-state index contributed by atoms with van der Waals surface area (Å²) in [5, 5.41) is 0. The van der Waals surface area contributed by atoms with Crippen LogP contribution in [0.1, 0.15) is 79.1 Å². The molecule has 2 unspecified atom stereocenters. The van der Waals surface area contributed by atoms with E-state index in [1.54, 1.807) is 0 Å². The summed E-state index contributed by atoms with van der Waals surface area (Å²) in [5.41, 5.74) is 0. The molecule has 0 nitrogen and oxygen atoms in total. The third-order valence-electron chi connectivity index (χ3n) is 3.39. The van der Waals surface area contributed by atoms with Gasteiger partial charge in [-0.2, -0.15) is 0 Å². The normalized spacial score (nSPS) is 15.4. The minimum Gasteiger partial charge on any atom is -0.0654 e. The van der Waals surface area contributed by atoms with Crippen molar-refractivity contribution in [2.45, 2.75) is 79.1 Å². The van der Waals surface area contributed by atoms with E-state index < -0.39 is 0 Å². The van der Waals surface area contributed by atoms with Gasteiger partial charge in [0.25, 0.3) is 0 Å². The average Bonchev–Trinajstić information content (AvgIpc) is 2.18. The number of hydrogen-bond donors (Lipinski definition) is 0. The van der Waals surface area contributed by atoms with Gasteiger partial charge in [-0.3, -0.25) is 0 Å². The van der Waals surface area contributed by atoms with Crippen molar-refractivity contribution in [2.24, 2.45) is 11.8 Å². The fraction of sp³-hybridized carbons (Fsp3) is 1.00. The fourth-order valence-electron chi connectivity index (χ4n) is 1.91. The van der Waals surface area contributed by atoms with Crippen LogP contribution < -0.4 is 0 Å². The molecule has 0 aliphatic rings. The first-order valence-electron chi connectivity index (χ1n) is 6.70. The highest BCUT2D eigenvalue weighted by Gasteiger charge is 2.03. The van der Waals surface area contributed by atoms with E-state index in [-0.39, 0.29) is 0 Å². The van der Waals surface area contributed by atoms with Gasteiger partial charge in [0.2, 0.25) is 0 Å². The summed E-state index contributed by atoms with van der Waals surface area (Å²) in [6.07, 6.45) is 11.4. The molecule has 0 saturated carbocycles. The van der Waals surface area contributed by atoms with Gasteiger partial charge < -0.3 is 0 Å². The molecule has 14 heavy (non-hydrogen) atoms. The molecule has 86 valence electrons. The standard InChI is InChI=1S/C14H30/c1-5-7-8-10-14(4)12-9-11-13(3)6-2/h13-14H,5-12H2,1-4H3. The van der Waals surface area contributed by atoms with Gasteiger partial charge in [0.05, 0.1) is 0 Å². The van der Waals surface area contributed by atoms with Crippen molar-refractivity contribution in [2.75, 3.05) is 0 Å². The summed E-state index contributed by atoms with van der Waals surface area (Å²) in [6, 6.07) is 0. The Kier molecular flexibility index (Phi) is 9.55. The molecular weight excluding hydrogens is 168 g/mol. The van der Waals surface area contributed by atoms with E-state index in [4.69, 9.17) is 0 Å². The molecule has 0 bridgehead atoms. The van der Waals surface area contributed by atoms with Crippen LogP contribution in [0, 0.1) is 11.8 Å². The predicted molar refractivity (Wildman–Crippen MR) is 66.6 cm³/mol. The van der Waals surface area contributed by atoms with Crippen LogP contribution in [0.4, 0.5) is 0 Å². The minimum absolute atomic E-state index is 0.942. The average molecular weight is 198 g/mol. The lowest BCUT2D eigenvalue weighted by molar-refractivity contribution is 0.408. The Morgan fingerprint density at radius 2 is 1.29 bits per heavy atom. The third-order valence-corrected chi connectivity index (χ3v) is 3.39. The van der Waals surface area contributed by atoms with E-state index in [0.717, 1.165) is 11.8 Å². The van der Waals surface area contributed by atoms with Gasteiger partial charge in [-0.05, 0) is 11.8 Å². The Bertz CT molecular complexity index is 107. The first kappa shape index (κ1) is 14.0. The molecule has 0 spiro atoms. The monoisotopic (exact) mass is 198 g/mol. The smallest absolute Gasteiger partial charge is 0.0443 e. The van der Waals surface area contributed by atoms with Crippen LogP contribution in [0.25, 0.3) is 0 Å². The minimum atomic E-state index is 0.942. The van der Waals surface area contributed by atoms with Gasteiger partial charge in [-0.25, -0.2) is 0 Å². The maximum absolute atomic E-state index is 2.42. The number of unbranched alkanes of at least 4 members (excludes halogenated alkanes) is 2. The van der Waals surface area contributed by atoms with Crippen LogP contribution in [0.5, 0.6) is 0 Å². The summed E-state index contributed by atoms with van der Waals surface area (Å²) in [4.78, 5) is 0. The van der Waals surface area contributed by atoms with Crippen LogP contribution in [0.15, 0.2) is 0 Å². The summed E-state index contributed by atoms with van der Waals surface area (Å²) >= 11 is 0. The zero-order chi connectivity index (χ0) is 10.8. The second-order valence-corrected chi connectivity index (χ2v) is 5.05. The van der Waals surface area contributed by atoms with E-state index in [0.29, 0.717) is 0 Å². The quantitative estimate of drug-likeness (QED) is 0.434. The molecule has 0 saturated heterocycles. The Labute approximate surface area is 91.5 Å². The highest BCUT2D eigenvalue weighted by Crippen LogP contribution is 2.18. The molecule has 0 rings (SSSR count). The van der Waals surface area contributed by atoms with Crippen LogP contribution in [0.3, 0.4) is 0 Å². The van der Waals surface area contributed by atoms with Crippen molar-refractivity contribution in [1.82, 2.24) is 0 Å². The van der Waals surface area contributed by atoms with Crippen molar-refractivity contribution in [3.63, 3.8) is 0 Å². The zero-order valence-electron chi connectivity index (χ0n) is 10.8. The maximum Gasteiger partial charge on any atom is -0.0443 e. The van der Waals surface area contributed by atoms with Gasteiger partial charge in [-0.15, -0.1) is 0 Å². The largest absolute Gasteiger partial charge is 0.0654 e. The van der Waals surface area contributed by atoms with Crippen LogP contribution in [-0.4, -0.2) is 0 Å². The fourth-order valence-corrected chi connectivity index (χ4v) is 1.91. The Morgan fingerprint density at radius 1 is 0.714 bits per heavy atom. The zero-order valence-corrected chi connectivity index (χ0v) is 10.8. The highest BCUT2D eigenvalue weighted by molar-refractivity contribution is 4.56. The molecule has 0 aromatic heterocycles. The first-order valence-corrected chi connectivity index (χ1v) is 6.70. The van der Waals surface area contributed by atoms with E-state index in [9.17, 15) is 0 Å². The molecule has 0 heteroatoms. The summed E-state index contributed by atoms with van der Waals surface area (Å²) in [5.74, 6) is 1.91.